The number of aromatic nitrogens is 1. The minimum absolute atomic E-state index is 0.173. The second-order valence-electron chi connectivity index (χ2n) is 6.04. The molecule has 0 aliphatic carbocycles. The lowest BCUT2D eigenvalue weighted by Crippen LogP contribution is -2.41. The largest absolute Gasteiger partial charge is 0.496 e. The molecule has 23 heavy (non-hydrogen) atoms. The van der Waals surface area contributed by atoms with Gasteiger partial charge >= 0.3 is 0 Å². The van der Waals surface area contributed by atoms with Crippen LogP contribution in [0.15, 0.2) is 29.1 Å². The van der Waals surface area contributed by atoms with Crippen LogP contribution in [0.3, 0.4) is 0 Å². The second kappa shape index (κ2) is 6.68. The monoisotopic (exact) mass is 319 g/mol. The summed E-state index contributed by atoms with van der Waals surface area (Å²) in [5.41, 5.74) is 6.31. The second-order valence-corrected chi connectivity index (χ2v) is 6.04. The molecule has 0 spiro atoms. The van der Waals surface area contributed by atoms with Crippen LogP contribution < -0.4 is 16.0 Å². The summed E-state index contributed by atoms with van der Waals surface area (Å²) in [6.07, 6.45) is 1.96. The molecule has 0 unspecified atom stereocenters. The van der Waals surface area contributed by atoms with E-state index in [1.807, 2.05) is 0 Å². The number of rotatable bonds is 4. The molecule has 1 aromatic heterocycles. The quantitative estimate of drug-likeness (QED) is 0.929. The first kappa shape index (κ1) is 16.0. The maximum atomic E-state index is 13.6. The number of nitrogens with two attached hydrogens (primary N) is 1. The fraction of sp³-hybridized carbons (Fsp3) is 0.471. The van der Waals surface area contributed by atoms with Gasteiger partial charge in [-0.3, -0.25) is 4.79 Å². The Balaban J connectivity index is 1.89. The van der Waals surface area contributed by atoms with E-state index in [0.29, 0.717) is 17.8 Å². The number of piperidine rings is 1. The van der Waals surface area contributed by atoms with Crippen molar-refractivity contribution in [2.75, 3.05) is 26.7 Å². The van der Waals surface area contributed by atoms with Crippen LogP contribution in [0.5, 0.6) is 5.75 Å². The molecule has 1 aliphatic heterocycles. The molecule has 2 aromatic rings. The predicted octanol–water partition coefficient (Wildman–Crippen LogP) is 1.57. The standard InChI is InChI=1S/C17H22FN3O2/c1-23-16-11-17(22)21(15-10-12(18)2-3-14(15)16)9-8-20-6-4-13(19)5-7-20/h2-3,10-11,13H,4-9,19H2,1H3. The maximum absolute atomic E-state index is 13.6. The molecule has 1 saturated heterocycles. The first-order chi connectivity index (χ1) is 11.1. The zero-order valence-corrected chi connectivity index (χ0v) is 13.3. The van der Waals surface area contributed by atoms with Crippen molar-refractivity contribution in [3.05, 3.63) is 40.4 Å². The molecule has 6 heteroatoms. The molecule has 0 bridgehead atoms. The topological polar surface area (TPSA) is 60.5 Å². The van der Waals surface area contributed by atoms with E-state index in [9.17, 15) is 9.18 Å². The Bertz CT molecular complexity index is 751. The van der Waals surface area contributed by atoms with Gasteiger partial charge in [0.05, 0.1) is 12.6 Å². The molecule has 0 saturated carbocycles. The van der Waals surface area contributed by atoms with Gasteiger partial charge < -0.3 is 19.9 Å². The van der Waals surface area contributed by atoms with Gasteiger partial charge in [-0.05, 0) is 44.1 Å². The van der Waals surface area contributed by atoms with E-state index in [1.54, 1.807) is 10.6 Å². The number of benzene rings is 1. The summed E-state index contributed by atoms with van der Waals surface area (Å²) in [4.78, 5) is 14.7. The lowest BCUT2D eigenvalue weighted by atomic mass is 10.1. The number of pyridine rings is 1. The molecule has 1 aliphatic rings. The van der Waals surface area contributed by atoms with Crippen LogP contribution in [0, 0.1) is 5.82 Å². The average Bonchev–Trinajstić information content (AvgIpc) is 2.55. The van der Waals surface area contributed by atoms with Gasteiger partial charge in [0.25, 0.3) is 5.56 Å². The third-order valence-corrected chi connectivity index (χ3v) is 4.53. The van der Waals surface area contributed by atoms with Gasteiger partial charge in [-0.25, -0.2) is 4.39 Å². The van der Waals surface area contributed by atoms with Crippen LogP contribution in [0.2, 0.25) is 0 Å². The normalized spacial score (nSPS) is 16.8. The number of halogens is 1. The number of fused-ring (bicyclic) bond motifs is 1. The molecule has 124 valence electrons. The Morgan fingerprint density at radius 3 is 2.70 bits per heavy atom. The minimum atomic E-state index is -0.358. The van der Waals surface area contributed by atoms with E-state index in [0.717, 1.165) is 37.9 Å². The van der Waals surface area contributed by atoms with E-state index < -0.39 is 0 Å². The molecular formula is C17H22FN3O2. The Morgan fingerprint density at radius 2 is 2.00 bits per heavy atom. The fourth-order valence-electron chi connectivity index (χ4n) is 3.14. The highest BCUT2D eigenvalue weighted by Gasteiger charge is 2.17. The molecule has 1 fully saturated rings. The van der Waals surface area contributed by atoms with Gasteiger partial charge in [0.1, 0.15) is 11.6 Å². The zero-order chi connectivity index (χ0) is 16.4. The van der Waals surface area contributed by atoms with Gasteiger partial charge in [0.2, 0.25) is 0 Å². The lowest BCUT2D eigenvalue weighted by Gasteiger charge is -2.30. The number of likely N-dealkylation sites (tertiary alicyclic amines) is 1. The van der Waals surface area contributed by atoms with Crippen LogP contribution in [-0.4, -0.2) is 42.3 Å². The summed E-state index contributed by atoms with van der Waals surface area (Å²) in [6.45, 7) is 3.17. The van der Waals surface area contributed by atoms with E-state index in [1.165, 1.54) is 25.3 Å². The molecule has 3 rings (SSSR count). The molecule has 0 radical (unpaired) electrons. The number of ether oxygens (including phenoxy) is 1. The van der Waals surface area contributed by atoms with Crippen molar-refractivity contribution in [1.82, 2.24) is 9.47 Å². The number of nitrogens with zero attached hydrogens (tertiary/aromatic N) is 2. The molecule has 2 N–H and O–H groups in total. The highest BCUT2D eigenvalue weighted by Crippen LogP contribution is 2.24. The van der Waals surface area contributed by atoms with Crippen molar-refractivity contribution in [3.63, 3.8) is 0 Å². The highest BCUT2D eigenvalue weighted by molar-refractivity contribution is 5.85. The molecule has 5 nitrogen and oxygen atoms in total. The lowest BCUT2D eigenvalue weighted by molar-refractivity contribution is 0.206. The third kappa shape index (κ3) is 3.38. The summed E-state index contributed by atoms with van der Waals surface area (Å²) in [5, 5.41) is 0.745. The van der Waals surface area contributed by atoms with Crippen molar-refractivity contribution in [3.8, 4) is 5.75 Å². The van der Waals surface area contributed by atoms with Crippen molar-refractivity contribution < 1.29 is 9.13 Å². The van der Waals surface area contributed by atoms with Gasteiger partial charge in [-0.1, -0.05) is 0 Å². The first-order valence-electron chi connectivity index (χ1n) is 7.93. The van der Waals surface area contributed by atoms with Crippen LogP contribution in [0.4, 0.5) is 4.39 Å². The molecule has 0 atom stereocenters. The number of hydrogen-bond acceptors (Lipinski definition) is 4. The summed E-state index contributed by atoms with van der Waals surface area (Å²) in [7, 11) is 1.51. The van der Waals surface area contributed by atoms with Crippen molar-refractivity contribution in [2.45, 2.75) is 25.4 Å². The van der Waals surface area contributed by atoms with Crippen LogP contribution in [0.1, 0.15) is 12.8 Å². The summed E-state index contributed by atoms with van der Waals surface area (Å²) in [5.74, 6) is 0.119. The van der Waals surface area contributed by atoms with Gasteiger partial charge in [-0.2, -0.15) is 0 Å². The SMILES string of the molecule is COc1cc(=O)n(CCN2CCC(N)CC2)c2cc(F)ccc12. The highest BCUT2D eigenvalue weighted by atomic mass is 19.1. The Hall–Kier alpha value is -1.92. The Morgan fingerprint density at radius 1 is 1.26 bits per heavy atom. The summed E-state index contributed by atoms with van der Waals surface area (Å²) in [6, 6.07) is 6.17. The van der Waals surface area contributed by atoms with Crippen molar-refractivity contribution in [1.29, 1.82) is 0 Å². The zero-order valence-electron chi connectivity index (χ0n) is 13.3. The summed E-state index contributed by atoms with van der Waals surface area (Å²) < 4.78 is 20.5. The molecular weight excluding hydrogens is 297 g/mol. The minimum Gasteiger partial charge on any atom is -0.496 e. The average molecular weight is 319 g/mol. The molecule has 2 heterocycles. The van der Waals surface area contributed by atoms with Crippen LogP contribution in [0.25, 0.3) is 10.9 Å². The van der Waals surface area contributed by atoms with E-state index in [2.05, 4.69) is 4.90 Å². The maximum Gasteiger partial charge on any atom is 0.254 e. The van der Waals surface area contributed by atoms with E-state index in [-0.39, 0.29) is 17.4 Å². The Labute approximate surface area is 134 Å². The van der Waals surface area contributed by atoms with E-state index >= 15 is 0 Å². The Kier molecular flexibility index (Phi) is 4.63. The van der Waals surface area contributed by atoms with Gasteiger partial charge in [-0.15, -0.1) is 0 Å². The van der Waals surface area contributed by atoms with Crippen LogP contribution in [-0.2, 0) is 6.54 Å². The smallest absolute Gasteiger partial charge is 0.254 e. The number of methoxy groups -OCH3 is 1. The van der Waals surface area contributed by atoms with Crippen molar-refractivity contribution >= 4 is 10.9 Å². The van der Waals surface area contributed by atoms with E-state index in [4.69, 9.17) is 10.5 Å². The third-order valence-electron chi connectivity index (χ3n) is 4.53. The van der Waals surface area contributed by atoms with Crippen LogP contribution >= 0.6 is 0 Å². The predicted molar refractivity (Wildman–Crippen MR) is 88.4 cm³/mol. The van der Waals surface area contributed by atoms with Gasteiger partial charge in [0, 0.05) is 30.6 Å². The molecule has 0 amide bonds. The first-order valence-corrected chi connectivity index (χ1v) is 7.93. The molecule has 1 aromatic carbocycles. The van der Waals surface area contributed by atoms with Crippen molar-refractivity contribution in [2.24, 2.45) is 5.73 Å². The summed E-state index contributed by atoms with van der Waals surface area (Å²) >= 11 is 0. The number of hydrogen-bond donors (Lipinski definition) is 1. The van der Waals surface area contributed by atoms with Gasteiger partial charge in [0.15, 0.2) is 0 Å². The fourth-order valence-corrected chi connectivity index (χ4v) is 3.14.